The summed E-state index contributed by atoms with van der Waals surface area (Å²) in [4.78, 5) is 8.40. The number of fused-ring (bicyclic) bond motifs is 1. The first-order chi connectivity index (χ1) is 8.40. The van der Waals surface area contributed by atoms with E-state index in [1.807, 2.05) is 4.68 Å². The third-order valence-corrected chi connectivity index (χ3v) is 3.05. The largest absolute Gasteiger partial charge is 0.261 e. The van der Waals surface area contributed by atoms with Crippen molar-refractivity contribution < 1.29 is 0 Å². The Morgan fingerprint density at radius 3 is 3.06 bits per heavy atom. The third-order valence-electron chi connectivity index (χ3n) is 3.05. The maximum atomic E-state index is 5.36. The summed E-state index contributed by atoms with van der Waals surface area (Å²) in [6, 6.07) is 0. The summed E-state index contributed by atoms with van der Waals surface area (Å²) in [6.07, 6.45) is 13.8. The van der Waals surface area contributed by atoms with E-state index in [0.29, 0.717) is 6.54 Å². The van der Waals surface area contributed by atoms with E-state index in [2.05, 4.69) is 21.0 Å². The van der Waals surface area contributed by atoms with Gasteiger partial charge in [-0.05, 0) is 19.3 Å². The molecular weight excluding hydrogens is 212 g/mol. The average Bonchev–Trinajstić information content (AvgIpc) is 2.94. The molecule has 2 aromatic heterocycles. The minimum Gasteiger partial charge on any atom is -0.261 e. The Balaban J connectivity index is 2.13. The quantitative estimate of drug-likeness (QED) is 0.725. The van der Waals surface area contributed by atoms with Crippen molar-refractivity contribution in [2.75, 3.05) is 0 Å². The van der Waals surface area contributed by atoms with Crippen LogP contribution in [0, 0.1) is 12.3 Å². The molecule has 84 valence electrons. The molecular formula is C13H12N4. The van der Waals surface area contributed by atoms with E-state index in [9.17, 15) is 0 Å². The van der Waals surface area contributed by atoms with Crippen LogP contribution >= 0.6 is 0 Å². The van der Waals surface area contributed by atoms with Crippen molar-refractivity contribution >= 4 is 0 Å². The minimum atomic E-state index is 0.530. The van der Waals surface area contributed by atoms with Gasteiger partial charge in [0.25, 0.3) is 0 Å². The fourth-order valence-electron chi connectivity index (χ4n) is 2.35. The zero-order valence-corrected chi connectivity index (χ0v) is 9.43. The molecule has 0 bridgehead atoms. The van der Waals surface area contributed by atoms with Crippen LogP contribution in [0.25, 0.3) is 11.4 Å². The van der Waals surface area contributed by atoms with Gasteiger partial charge in [-0.15, -0.1) is 6.42 Å². The van der Waals surface area contributed by atoms with E-state index >= 15 is 0 Å². The monoisotopic (exact) mass is 224 g/mol. The molecule has 0 saturated heterocycles. The van der Waals surface area contributed by atoms with Gasteiger partial charge < -0.3 is 0 Å². The number of hydrogen-bond donors (Lipinski definition) is 0. The number of hydrogen-bond acceptors (Lipinski definition) is 3. The standard InChI is InChI=1S/C13H12N4/c1-2-8-17-12-5-3-4-10(12)13(16-17)11-9-14-6-7-15-11/h1,6-7,9H,3-5,8H2. The first-order valence-electron chi connectivity index (χ1n) is 5.68. The van der Waals surface area contributed by atoms with E-state index in [1.54, 1.807) is 18.6 Å². The summed E-state index contributed by atoms with van der Waals surface area (Å²) in [7, 11) is 0. The van der Waals surface area contributed by atoms with E-state index < -0.39 is 0 Å². The van der Waals surface area contributed by atoms with Gasteiger partial charge in [-0.3, -0.25) is 14.6 Å². The molecule has 1 aliphatic rings. The topological polar surface area (TPSA) is 43.6 Å². The Bertz CT molecular complexity index is 577. The highest BCUT2D eigenvalue weighted by molar-refractivity contribution is 5.60. The lowest BCUT2D eigenvalue weighted by atomic mass is 10.1. The van der Waals surface area contributed by atoms with Crippen LogP contribution in [0.4, 0.5) is 0 Å². The molecule has 2 heterocycles. The molecule has 0 fully saturated rings. The molecule has 0 atom stereocenters. The summed E-state index contributed by atoms with van der Waals surface area (Å²) in [6.45, 7) is 0.530. The van der Waals surface area contributed by atoms with Crippen LogP contribution < -0.4 is 0 Å². The van der Waals surface area contributed by atoms with Gasteiger partial charge in [0, 0.05) is 23.7 Å². The second kappa shape index (κ2) is 4.02. The maximum Gasteiger partial charge on any atom is 0.116 e. The van der Waals surface area contributed by atoms with Crippen molar-refractivity contribution in [3.05, 3.63) is 29.8 Å². The lowest BCUT2D eigenvalue weighted by Gasteiger charge is -1.99. The van der Waals surface area contributed by atoms with Crippen molar-refractivity contribution in [1.82, 2.24) is 19.7 Å². The van der Waals surface area contributed by atoms with Crippen LogP contribution in [0.15, 0.2) is 18.6 Å². The Labute approximate surface area is 99.7 Å². The molecule has 4 nitrogen and oxygen atoms in total. The number of aromatic nitrogens is 4. The van der Waals surface area contributed by atoms with Gasteiger partial charge in [0.05, 0.1) is 6.20 Å². The summed E-state index contributed by atoms with van der Waals surface area (Å²) in [5.74, 6) is 2.64. The molecule has 0 spiro atoms. The number of rotatable bonds is 2. The molecule has 0 radical (unpaired) electrons. The highest BCUT2D eigenvalue weighted by Gasteiger charge is 2.23. The van der Waals surface area contributed by atoms with Crippen molar-refractivity contribution in [2.45, 2.75) is 25.8 Å². The Hall–Kier alpha value is -2.15. The van der Waals surface area contributed by atoms with Gasteiger partial charge in [-0.1, -0.05) is 5.92 Å². The molecule has 0 N–H and O–H groups in total. The molecule has 2 aromatic rings. The van der Waals surface area contributed by atoms with Crippen molar-refractivity contribution in [2.24, 2.45) is 0 Å². The van der Waals surface area contributed by atoms with Crippen LogP contribution in [0.3, 0.4) is 0 Å². The number of terminal acetylenes is 1. The third kappa shape index (κ3) is 1.60. The molecule has 0 aromatic carbocycles. The van der Waals surface area contributed by atoms with Crippen molar-refractivity contribution in [1.29, 1.82) is 0 Å². The second-order valence-corrected chi connectivity index (χ2v) is 4.08. The molecule has 1 aliphatic carbocycles. The molecule has 0 amide bonds. The first kappa shape index (κ1) is 10.0. The van der Waals surface area contributed by atoms with Gasteiger partial charge in [0.15, 0.2) is 0 Å². The fraction of sp³-hybridized carbons (Fsp3) is 0.308. The molecule has 0 saturated carbocycles. The summed E-state index contributed by atoms with van der Waals surface area (Å²) >= 11 is 0. The second-order valence-electron chi connectivity index (χ2n) is 4.08. The van der Waals surface area contributed by atoms with Crippen LogP contribution in [0.5, 0.6) is 0 Å². The van der Waals surface area contributed by atoms with Crippen LogP contribution in [0.2, 0.25) is 0 Å². The Morgan fingerprint density at radius 1 is 1.35 bits per heavy atom. The highest BCUT2D eigenvalue weighted by Crippen LogP contribution is 2.30. The smallest absolute Gasteiger partial charge is 0.116 e. The van der Waals surface area contributed by atoms with Crippen molar-refractivity contribution in [3.8, 4) is 23.7 Å². The average molecular weight is 224 g/mol. The minimum absolute atomic E-state index is 0.530. The van der Waals surface area contributed by atoms with Gasteiger partial charge in [-0.25, -0.2) is 0 Å². The molecule has 3 rings (SSSR count). The summed E-state index contributed by atoms with van der Waals surface area (Å²) < 4.78 is 1.92. The lowest BCUT2D eigenvalue weighted by Crippen LogP contribution is -2.02. The highest BCUT2D eigenvalue weighted by atomic mass is 15.3. The normalized spacial score (nSPS) is 13.4. The maximum absolute atomic E-state index is 5.36. The first-order valence-corrected chi connectivity index (χ1v) is 5.68. The lowest BCUT2D eigenvalue weighted by molar-refractivity contribution is 0.668. The molecule has 0 unspecified atom stereocenters. The predicted molar refractivity (Wildman–Crippen MR) is 64.1 cm³/mol. The van der Waals surface area contributed by atoms with Crippen LogP contribution in [0.1, 0.15) is 17.7 Å². The summed E-state index contributed by atoms with van der Waals surface area (Å²) in [5.41, 5.74) is 4.34. The zero-order valence-electron chi connectivity index (χ0n) is 9.43. The predicted octanol–water partition coefficient (Wildman–Crippen LogP) is 1.46. The Kier molecular flexibility index (Phi) is 2.37. The van der Waals surface area contributed by atoms with E-state index in [1.165, 1.54) is 17.7 Å². The van der Waals surface area contributed by atoms with Gasteiger partial charge in [-0.2, -0.15) is 5.10 Å². The Morgan fingerprint density at radius 2 is 2.29 bits per heavy atom. The van der Waals surface area contributed by atoms with Crippen LogP contribution in [-0.2, 0) is 19.4 Å². The van der Waals surface area contributed by atoms with E-state index in [0.717, 1.165) is 24.2 Å². The number of nitrogens with zero attached hydrogens (tertiary/aromatic N) is 4. The molecule has 17 heavy (non-hydrogen) atoms. The van der Waals surface area contributed by atoms with Crippen LogP contribution in [-0.4, -0.2) is 19.7 Å². The fourth-order valence-corrected chi connectivity index (χ4v) is 2.35. The van der Waals surface area contributed by atoms with Crippen molar-refractivity contribution in [3.63, 3.8) is 0 Å². The molecule has 0 aliphatic heterocycles. The van der Waals surface area contributed by atoms with E-state index in [-0.39, 0.29) is 0 Å². The van der Waals surface area contributed by atoms with Gasteiger partial charge in [0.2, 0.25) is 0 Å². The van der Waals surface area contributed by atoms with Gasteiger partial charge >= 0.3 is 0 Å². The van der Waals surface area contributed by atoms with E-state index in [4.69, 9.17) is 6.42 Å². The van der Waals surface area contributed by atoms with Gasteiger partial charge in [0.1, 0.15) is 17.9 Å². The summed E-state index contributed by atoms with van der Waals surface area (Å²) in [5, 5.41) is 4.56. The molecule has 4 heteroatoms. The zero-order chi connectivity index (χ0) is 11.7. The SMILES string of the molecule is C#CCn1nc(-c2cnccn2)c2c1CCC2.